The minimum absolute atomic E-state index is 0.0569. The number of hydrogen-bond donors (Lipinski definition) is 1. The Labute approximate surface area is 180 Å². The molecule has 0 aliphatic carbocycles. The first-order chi connectivity index (χ1) is 13.8. The number of benzene rings is 2. The van der Waals surface area contributed by atoms with Crippen molar-refractivity contribution in [2.75, 3.05) is 37.6 Å². The molecule has 0 aromatic heterocycles. The predicted octanol–water partition coefficient (Wildman–Crippen LogP) is 3.09. The van der Waals surface area contributed by atoms with Gasteiger partial charge in [-0.15, -0.1) is 0 Å². The van der Waals surface area contributed by atoms with E-state index in [-0.39, 0.29) is 24.0 Å². The Kier molecular flexibility index (Phi) is 6.71. The second-order valence-electron chi connectivity index (χ2n) is 6.45. The zero-order valence-electron chi connectivity index (χ0n) is 15.3. The number of nitrogens with zero attached hydrogens (tertiary/aromatic N) is 3. The fourth-order valence-electron chi connectivity index (χ4n) is 3.11. The Morgan fingerprint density at radius 3 is 2.52 bits per heavy atom. The Hall–Kier alpha value is -2.65. The predicted molar refractivity (Wildman–Crippen MR) is 113 cm³/mol. The molecule has 1 N–H and O–H groups in total. The lowest BCUT2D eigenvalue weighted by atomic mass is 10.2. The third kappa shape index (κ3) is 5.24. The average molecular weight is 482 g/mol. The van der Waals surface area contributed by atoms with Crippen molar-refractivity contribution in [3.05, 3.63) is 67.6 Å². The number of hydrogen-bond acceptors (Lipinski definition) is 5. The summed E-state index contributed by atoms with van der Waals surface area (Å²) in [6, 6.07) is 11.5. The van der Waals surface area contributed by atoms with Crippen LogP contribution in [0.5, 0.6) is 0 Å². The fraction of sp³-hybridized carbons (Fsp3) is 0.263. The zero-order chi connectivity index (χ0) is 21.0. The first-order valence-corrected chi connectivity index (χ1v) is 10.0. The Bertz CT molecular complexity index is 948. The number of nitrogens with one attached hydrogen (secondary N) is 1. The second kappa shape index (κ2) is 9.23. The summed E-state index contributed by atoms with van der Waals surface area (Å²) in [5, 5.41) is 14.2. The van der Waals surface area contributed by atoms with Gasteiger partial charge < -0.3 is 15.1 Å². The highest BCUT2D eigenvalue weighted by Gasteiger charge is 2.26. The zero-order valence-corrected chi connectivity index (χ0v) is 17.6. The van der Waals surface area contributed by atoms with E-state index in [1.54, 1.807) is 35.2 Å². The number of amides is 2. The summed E-state index contributed by atoms with van der Waals surface area (Å²) in [4.78, 5) is 38.9. The maximum Gasteiger partial charge on any atom is 0.294 e. The molecule has 1 heterocycles. The Balaban J connectivity index is 1.55. The summed E-state index contributed by atoms with van der Waals surface area (Å²) in [6.45, 7) is 1.62. The van der Waals surface area contributed by atoms with Gasteiger partial charge in [0.05, 0.1) is 11.5 Å². The third-order valence-corrected chi connectivity index (χ3v) is 5.32. The summed E-state index contributed by atoms with van der Waals surface area (Å²) < 4.78 is 0.781. The fourth-order valence-corrected chi connectivity index (χ4v) is 3.67. The average Bonchev–Trinajstić information content (AvgIpc) is 2.71. The van der Waals surface area contributed by atoms with E-state index >= 15 is 0 Å². The van der Waals surface area contributed by atoms with Gasteiger partial charge in [-0.3, -0.25) is 19.7 Å². The van der Waals surface area contributed by atoms with Gasteiger partial charge in [-0.2, -0.15) is 0 Å². The van der Waals surface area contributed by atoms with Crippen LogP contribution < -0.4 is 10.2 Å². The molecule has 0 spiro atoms. The smallest absolute Gasteiger partial charge is 0.294 e. The van der Waals surface area contributed by atoms with Crippen LogP contribution in [0.3, 0.4) is 0 Å². The Morgan fingerprint density at radius 2 is 1.86 bits per heavy atom. The highest BCUT2D eigenvalue weighted by atomic mass is 79.9. The molecule has 152 valence electrons. The molecule has 0 bridgehead atoms. The van der Waals surface area contributed by atoms with Gasteiger partial charge in [0, 0.05) is 47.3 Å². The molecule has 1 saturated heterocycles. The van der Waals surface area contributed by atoms with Crippen LogP contribution in [0.2, 0.25) is 5.02 Å². The van der Waals surface area contributed by atoms with Gasteiger partial charge in [0.15, 0.2) is 0 Å². The summed E-state index contributed by atoms with van der Waals surface area (Å²) in [5.74, 6) is -0.520. The summed E-state index contributed by atoms with van der Waals surface area (Å²) in [5.41, 5.74) is 0.889. The number of carbonyl (C=O) groups excluding carboxylic acids is 2. The molecule has 1 fully saturated rings. The van der Waals surface area contributed by atoms with Crippen molar-refractivity contribution >= 4 is 50.7 Å². The first-order valence-electron chi connectivity index (χ1n) is 8.85. The maximum atomic E-state index is 12.4. The van der Waals surface area contributed by atoms with Crippen LogP contribution in [0.1, 0.15) is 10.4 Å². The van der Waals surface area contributed by atoms with Crippen molar-refractivity contribution in [1.82, 2.24) is 10.2 Å². The lowest BCUT2D eigenvalue weighted by Crippen LogP contribution is -2.51. The Morgan fingerprint density at radius 1 is 1.14 bits per heavy atom. The lowest BCUT2D eigenvalue weighted by Gasteiger charge is -2.35. The molecular weight excluding hydrogens is 464 g/mol. The minimum atomic E-state index is -0.462. The number of piperazine rings is 1. The molecule has 0 atom stereocenters. The quantitative estimate of drug-likeness (QED) is 0.523. The standard InChI is InChI=1S/C19H18BrClN4O4/c20-14-3-1-2-13(10-14)19(27)22-12-18(26)24-8-6-23(7-9-24)16-5-4-15(21)11-17(16)25(28)29/h1-5,10-11H,6-9,12H2,(H,22,27). The molecule has 1 aliphatic rings. The molecule has 3 rings (SSSR count). The topological polar surface area (TPSA) is 95.8 Å². The molecule has 0 saturated carbocycles. The van der Waals surface area contributed by atoms with Gasteiger partial charge >= 0.3 is 0 Å². The van der Waals surface area contributed by atoms with E-state index in [1.807, 2.05) is 11.0 Å². The van der Waals surface area contributed by atoms with Gasteiger partial charge in [0.2, 0.25) is 5.91 Å². The van der Waals surface area contributed by atoms with Crippen LogP contribution in [-0.4, -0.2) is 54.4 Å². The molecular formula is C19H18BrClN4O4. The van der Waals surface area contributed by atoms with E-state index in [0.29, 0.717) is 42.5 Å². The monoisotopic (exact) mass is 480 g/mol. The van der Waals surface area contributed by atoms with E-state index in [2.05, 4.69) is 21.2 Å². The van der Waals surface area contributed by atoms with Crippen molar-refractivity contribution < 1.29 is 14.5 Å². The highest BCUT2D eigenvalue weighted by molar-refractivity contribution is 9.10. The van der Waals surface area contributed by atoms with Gasteiger partial charge in [0.1, 0.15) is 5.69 Å². The van der Waals surface area contributed by atoms with Crippen molar-refractivity contribution in [2.24, 2.45) is 0 Å². The van der Waals surface area contributed by atoms with Crippen molar-refractivity contribution in [3.63, 3.8) is 0 Å². The van der Waals surface area contributed by atoms with Crippen molar-refractivity contribution in [2.45, 2.75) is 0 Å². The third-order valence-electron chi connectivity index (χ3n) is 4.59. The lowest BCUT2D eigenvalue weighted by molar-refractivity contribution is -0.384. The molecule has 2 aromatic carbocycles. The van der Waals surface area contributed by atoms with E-state index in [0.717, 1.165) is 4.47 Å². The number of nitro benzene ring substituents is 1. The van der Waals surface area contributed by atoms with Gasteiger partial charge in [-0.25, -0.2) is 0 Å². The molecule has 29 heavy (non-hydrogen) atoms. The van der Waals surface area contributed by atoms with Gasteiger partial charge in [-0.1, -0.05) is 33.6 Å². The van der Waals surface area contributed by atoms with Crippen LogP contribution in [0.15, 0.2) is 46.9 Å². The second-order valence-corrected chi connectivity index (χ2v) is 7.80. The van der Waals surface area contributed by atoms with Crippen LogP contribution >= 0.6 is 27.5 Å². The molecule has 8 nitrogen and oxygen atoms in total. The van der Waals surface area contributed by atoms with Crippen LogP contribution in [0.25, 0.3) is 0 Å². The van der Waals surface area contributed by atoms with Crippen molar-refractivity contribution in [1.29, 1.82) is 0 Å². The van der Waals surface area contributed by atoms with E-state index < -0.39 is 4.92 Å². The molecule has 2 aromatic rings. The number of halogens is 2. The molecule has 1 aliphatic heterocycles. The first kappa shape index (κ1) is 21.1. The number of anilines is 1. The van der Waals surface area contributed by atoms with Crippen LogP contribution in [-0.2, 0) is 4.79 Å². The van der Waals surface area contributed by atoms with Gasteiger partial charge in [0.25, 0.3) is 11.6 Å². The van der Waals surface area contributed by atoms with Crippen LogP contribution in [0.4, 0.5) is 11.4 Å². The normalized spacial score (nSPS) is 13.9. The van der Waals surface area contributed by atoms with Crippen LogP contribution in [0, 0.1) is 10.1 Å². The highest BCUT2D eigenvalue weighted by Crippen LogP contribution is 2.31. The molecule has 0 unspecified atom stereocenters. The van der Waals surface area contributed by atoms with E-state index in [9.17, 15) is 19.7 Å². The van der Waals surface area contributed by atoms with E-state index in [1.165, 1.54) is 6.07 Å². The SMILES string of the molecule is O=C(NCC(=O)N1CCN(c2ccc(Cl)cc2[N+](=O)[O-])CC1)c1cccc(Br)c1. The maximum absolute atomic E-state index is 12.4. The molecule has 2 amide bonds. The summed E-state index contributed by atoms with van der Waals surface area (Å²) in [7, 11) is 0. The summed E-state index contributed by atoms with van der Waals surface area (Å²) in [6.07, 6.45) is 0. The number of rotatable bonds is 5. The number of carbonyl (C=O) groups is 2. The molecule has 10 heteroatoms. The number of nitro groups is 1. The van der Waals surface area contributed by atoms with E-state index in [4.69, 9.17) is 11.6 Å². The van der Waals surface area contributed by atoms with Gasteiger partial charge in [-0.05, 0) is 30.3 Å². The van der Waals surface area contributed by atoms with Crippen molar-refractivity contribution in [3.8, 4) is 0 Å². The molecule has 0 radical (unpaired) electrons. The minimum Gasteiger partial charge on any atom is -0.362 e. The summed E-state index contributed by atoms with van der Waals surface area (Å²) >= 11 is 9.17. The largest absolute Gasteiger partial charge is 0.362 e.